The Morgan fingerprint density at radius 1 is 0.446 bits per heavy atom. The molecule has 0 saturated carbocycles. The number of nitrogens with zero attached hydrogens (tertiary/aromatic N) is 2. The predicted molar refractivity (Wildman–Crippen MR) is 240 cm³/mol. The fraction of sp³-hybridized carbons (Fsp3) is 0.0870. The molecule has 0 saturated heterocycles. The highest BCUT2D eigenvalue weighted by molar-refractivity contribution is 8.17. The summed E-state index contributed by atoms with van der Waals surface area (Å²) >= 11 is 7.29. The minimum absolute atomic E-state index is 1.22. The first-order chi connectivity index (χ1) is 27.1. The van der Waals surface area contributed by atoms with Crippen LogP contribution in [0, 0.1) is 0 Å². The molecule has 0 N–H and O–H groups in total. The molecule has 0 spiro atoms. The molecular formula is C46H40BFN2O2S4. The Morgan fingerprint density at radius 3 is 1.09 bits per heavy atom. The van der Waals surface area contributed by atoms with E-state index in [4.69, 9.17) is 10.0 Å². The molecule has 0 amide bonds. The third-order valence-corrected chi connectivity index (χ3v) is 13.0. The van der Waals surface area contributed by atoms with Crippen LogP contribution in [0.1, 0.15) is 20.9 Å². The molecule has 0 bridgehead atoms. The van der Waals surface area contributed by atoms with Gasteiger partial charge in [0.2, 0.25) is 0 Å². The van der Waals surface area contributed by atoms with Gasteiger partial charge in [-0.2, -0.15) is 0 Å². The van der Waals surface area contributed by atoms with Gasteiger partial charge in [-0.1, -0.05) is 96.3 Å². The molecule has 0 atom stereocenters. The minimum Gasteiger partial charge on any atom is -0.867 e. The molecule has 2 aromatic carbocycles. The van der Waals surface area contributed by atoms with E-state index in [0.29, 0.717) is 0 Å². The molecule has 0 fully saturated rings. The highest BCUT2D eigenvalue weighted by Gasteiger charge is 2.19. The maximum absolute atomic E-state index is 9.89. The summed E-state index contributed by atoms with van der Waals surface area (Å²) < 4.78 is 14.1. The molecule has 2 aliphatic carbocycles. The topological polar surface area (TPSA) is 52.1 Å². The molecule has 0 radical (unpaired) electrons. The quantitative estimate of drug-likeness (QED) is 0.152. The summed E-state index contributed by atoms with van der Waals surface area (Å²) in [6.07, 6.45) is 26.8. The molecule has 56 heavy (non-hydrogen) atoms. The number of thioether (sulfide) groups is 2. The zero-order chi connectivity index (χ0) is 39.4. The van der Waals surface area contributed by atoms with Gasteiger partial charge in [-0.3, -0.25) is 0 Å². The normalized spacial score (nSPS) is 15.9. The summed E-state index contributed by atoms with van der Waals surface area (Å²) in [6, 6.07) is 29.9. The number of hydrogen-bond donors (Lipinski definition) is 0. The Hall–Kier alpha value is -4.81. The Balaban J connectivity index is 0.000000174. The van der Waals surface area contributed by atoms with Crippen molar-refractivity contribution in [3.8, 4) is 0 Å². The van der Waals surface area contributed by atoms with Crippen molar-refractivity contribution in [1.82, 2.24) is 0 Å². The first kappa shape index (κ1) is 40.8. The maximum Gasteiger partial charge on any atom is 0.199 e. The van der Waals surface area contributed by atoms with Crippen molar-refractivity contribution < 1.29 is 23.5 Å². The van der Waals surface area contributed by atoms with E-state index in [1.807, 2.05) is 23.5 Å². The number of thiophene rings is 2. The minimum atomic E-state index is -3.17. The number of rotatable bonds is 4. The van der Waals surface area contributed by atoms with Gasteiger partial charge in [0.05, 0.1) is 0 Å². The number of hydrogen-bond acceptors (Lipinski definition) is 6. The SMILES string of the molecule is C[N+](C)=C1C=CC(=C2C=C(c3ccccc3)SC(c3cccs3)=C2)C=C1.C[N+](C)=C1C=CC(=C2C=C(c3ccccc3)SC(c3cccs3)=C2)C=C1.[O-]B([O-])F. The van der Waals surface area contributed by atoms with Gasteiger partial charge in [0.1, 0.15) is 35.6 Å². The fourth-order valence-electron chi connectivity index (χ4n) is 5.81. The van der Waals surface area contributed by atoms with Crippen molar-refractivity contribution in [3.05, 3.63) is 212 Å². The smallest absolute Gasteiger partial charge is 0.199 e. The molecule has 280 valence electrons. The first-order valence-electron chi connectivity index (χ1n) is 17.8. The molecule has 0 unspecified atom stereocenters. The van der Waals surface area contributed by atoms with Gasteiger partial charge in [0.25, 0.3) is 0 Å². The Morgan fingerprint density at radius 2 is 0.786 bits per heavy atom. The summed E-state index contributed by atoms with van der Waals surface area (Å²) in [5.74, 6) is 0. The summed E-state index contributed by atoms with van der Waals surface area (Å²) in [6.45, 7) is 0. The summed E-state index contributed by atoms with van der Waals surface area (Å²) in [4.78, 5) is 7.85. The van der Waals surface area contributed by atoms with Gasteiger partial charge in [0, 0.05) is 53.7 Å². The summed E-state index contributed by atoms with van der Waals surface area (Å²) in [5.41, 5.74) is 9.98. The Labute approximate surface area is 346 Å². The lowest BCUT2D eigenvalue weighted by molar-refractivity contribution is -0.462. The van der Waals surface area contributed by atoms with E-state index < -0.39 is 7.40 Å². The lowest BCUT2D eigenvalue weighted by Gasteiger charge is -2.17. The van der Waals surface area contributed by atoms with E-state index in [1.54, 1.807) is 22.7 Å². The van der Waals surface area contributed by atoms with Crippen molar-refractivity contribution in [2.75, 3.05) is 28.2 Å². The fourth-order valence-corrected chi connectivity index (χ4v) is 9.68. The van der Waals surface area contributed by atoms with Crippen molar-refractivity contribution in [3.63, 3.8) is 0 Å². The van der Waals surface area contributed by atoms with Gasteiger partial charge >= 0.3 is 0 Å². The van der Waals surface area contributed by atoms with Crippen LogP contribution < -0.4 is 10.0 Å². The summed E-state index contributed by atoms with van der Waals surface area (Å²) in [7, 11) is 5.12. The summed E-state index contributed by atoms with van der Waals surface area (Å²) in [5, 5.41) is 20.9. The third-order valence-electron chi connectivity index (χ3n) is 8.66. The van der Waals surface area contributed by atoms with Crippen LogP contribution in [0.25, 0.3) is 19.6 Å². The average Bonchev–Trinajstić information content (AvgIpc) is 3.98. The van der Waals surface area contributed by atoms with Crippen LogP contribution in [-0.2, 0) is 0 Å². The second kappa shape index (κ2) is 19.9. The van der Waals surface area contributed by atoms with Crippen LogP contribution in [0.4, 0.5) is 4.32 Å². The van der Waals surface area contributed by atoms with Gasteiger partial charge in [-0.15, -0.1) is 22.7 Å². The molecule has 10 heteroatoms. The van der Waals surface area contributed by atoms with Crippen molar-refractivity contribution in [1.29, 1.82) is 0 Å². The molecule has 2 aliphatic heterocycles. The Kier molecular flexibility index (Phi) is 14.5. The monoisotopic (exact) mass is 810 g/mol. The predicted octanol–water partition coefficient (Wildman–Crippen LogP) is 9.69. The molecule has 4 aliphatic rings. The number of halogens is 1. The molecule has 2 aromatic heterocycles. The van der Waals surface area contributed by atoms with Crippen LogP contribution >= 0.6 is 46.2 Å². The second-order valence-corrected chi connectivity index (χ2v) is 17.1. The molecular weight excluding hydrogens is 771 g/mol. The lowest BCUT2D eigenvalue weighted by Crippen LogP contribution is -2.39. The first-order valence-corrected chi connectivity index (χ1v) is 21.2. The van der Waals surface area contributed by atoms with Crippen molar-refractivity contribution >= 4 is 84.6 Å². The van der Waals surface area contributed by atoms with Crippen LogP contribution in [0.3, 0.4) is 0 Å². The van der Waals surface area contributed by atoms with E-state index in [-0.39, 0.29) is 0 Å². The van der Waals surface area contributed by atoms with Gasteiger partial charge in [-0.05, 0) is 105 Å². The Bertz CT molecular complexity index is 2190. The molecule has 4 nitrogen and oxygen atoms in total. The van der Waals surface area contributed by atoms with Crippen LogP contribution in [-0.4, -0.2) is 56.2 Å². The van der Waals surface area contributed by atoms with Crippen molar-refractivity contribution in [2.24, 2.45) is 0 Å². The average molecular weight is 811 g/mol. The second-order valence-electron chi connectivity index (χ2n) is 13.0. The number of allylic oxidation sites excluding steroid dienone is 16. The van der Waals surface area contributed by atoms with E-state index in [1.165, 1.54) is 74.2 Å². The van der Waals surface area contributed by atoms with Gasteiger partial charge < -0.3 is 14.4 Å². The van der Waals surface area contributed by atoms with E-state index in [9.17, 15) is 4.32 Å². The standard InChI is InChI=1S/2C23H20NS2.BFO2/c2*1-24(2)20-12-10-17(11-13-20)19-15-22(18-7-4-3-5-8-18)26-23(16-19)21-9-6-14-25-21;2-1(3)4/h2*3-16H,1-2H3;/q2*+1;-2. The van der Waals surface area contributed by atoms with E-state index in [0.717, 1.165) is 0 Å². The van der Waals surface area contributed by atoms with Gasteiger partial charge in [0.15, 0.2) is 11.4 Å². The maximum atomic E-state index is 9.89. The van der Waals surface area contributed by atoms with E-state index in [2.05, 4.69) is 206 Å². The molecule has 4 aromatic rings. The van der Waals surface area contributed by atoms with Gasteiger partial charge in [-0.25, -0.2) is 9.15 Å². The third kappa shape index (κ3) is 11.2. The largest absolute Gasteiger partial charge is 0.867 e. The van der Waals surface area contributed by atoms with Crippen LogP contribution in [0.15, 0.2) is 191 Å². The zero-order valence-corrected chi connectivity index (χ0v) is 34.7. The highest BCUT2D eigenvalue weighted by Crippen LogP contribution is 2.47. The zero-order valence-electron chi connectivity index (χ0n) is 31.5. The van der Waals surface area contributed by atoms with E-state index >= 15 is 0 Å². The van der Waals surface area contributed by atoms with Crippen molar-refractivity contribution in [2.45, 2.75) is 0 Å². The number of benzene rings is 2. The van der Waals surface area contributed by atoms with Crippen LogP contribution in [0.2, 0.25) is 0 Å². The lowest BCUT2D eigenvalue weighted by atomic mass is 10.00. The van der Waals surface area contributed by atoms with Crippen LogP contribution in [0.5, 0.6) is 0 Å². The molecule has 8 rings (SSSR count). The molecule has 4 heterocycles. The highest BCUT2D eigenvalue weighted by atomic mass is 32.2.